The number of alkyl halides is 2. The third-order valence-electron chi connectivity index (χ3n) is 4.87. The first-order valence-corrected chi connectivity index (χ1v) is 12.8. The SMILES string of the molecule is Cc1nc(C(C)(C)O)sc1S(N)(=O)=NC(=O)Cc1c(C(C)C)cc(OC(F)F)cc1C(C)C. The summed E-state index contributed by atoms with van der Waals surface area (Å²) in [4.78, 5) is 17.1. The van der Waals surface area contributed by atoms with Gasteiger partial charge in [-0.1, -0.05) is 27.7 Å². The fourth-order valence-corrected chi connectivity index (χ4v) is 5.93. The summed E-state index contributed by atoms with van der Waals surface area (Å²) >= 11 is 0.950. The van der Waals surface area contributed by atoms with E-state index < -0.39 is 28.0 Å². The minimum absolute atomic E-state index is 0.0209. The van der Waals surface area contributed by atoms with Gasteiger partial charge in [-0.3, -0.25) is 4.79 Å². The molecule has 0 aliphatic carbocycles. The van der Waals surface area contributed by atoms with Gasteiger partial charge in [-0.2, -0.15) is 8.78 Å². The molecule has 1 atom stereocenters. The lowest BCUT2D eigenvalue weighted by Crippen LogP contribution is -2.17. The van der Waals surface area contributed by atoms with Crippen molar-refractivity contribution in [2.24, 2.45) is 9.50 Å². The molecule has 0 bridgehead atoms. The van der Waals surface area contributed by atoms with Crippen LogP contribution in [0.4, 0.5) is 8.78 Å². The van der Waals surface area contributed by atoms with E-state index in [1.54, 1.807) is 6.92 Å². The van der Waals surface area contributed by atoms with E-state index in [9.17, 15) is 22.9 Å². The van der Waals surface area contributed by atoms with Gasteiger partial charge in [0.15, 0.2) is 9.92 Å². The number of ether oxygens (including phenoxy) is 1. The first-order chi connectivity index (χ1) is 15.0. The third kappa shape index (κ3) is 6.78. The number of hydrogen-bond donors (Lipinski definition) is 2. The molecule has 0 saturated heterocycles. The fourth-order valence-electron chi connectivity index (χ4n) is 3.39. The van der Waals surface area contributed by atoms with Gasteiger partial charge < -0.3 is 9.84 Å². The maximum Gasteiger partial charge on any atom is 0.387 e. The normalized spacial score (nSPS) is 14.1. The van der Waals surface area contributed by atoms with Crippen molar-refractivity contribution >= 4 is 27.2 Å². The zero-order chi connectivity index (χ0) is 25.3. The summed E-state index contributed by atoms with van der Waals surface area (Å²) in [5, 5.41) is 16.4. The first kappa shape index (κ1) is 27.3. The number of carbonyl (C=O) groups excluding carboxylic acids is 1. The lowest BCUT2D eigenvalue weighted by molar-refractivity contribution is -0.117. The molecule has 184 valence electrons. The number of aromatic nitrogens is 1. The molecule has 11 heteroatoms. The third-order valence-corrected chi connectivity index (χ3v) is 8.40. The second-order valence-electron chi connectivity index (χ2n) is 8.95. The van der Waals surface area contributed by atoms with E-state index in [1.807, 2.05) is 27.7 Å². The summed E-state index contributed by atoms with van der Waals surface area (Å²) in [5.41, 5.74) is 1.04. The first-order valence-electron chi connectivity index (χ1n) is 10.4. The second kappa shape index (κ2) is 10.1. The van der Waals surface area contributed by atoms with Crippen LogP contribution in [0, 0.1) is 6.92 Å². The van der Waals surface area contributed by atoms with Gasteiger partial charge in [-0.25, -0.2) is 14.3 Å². The Bertz CT molecular complexity index is 1120. The van der Waals surface area contributed by atoms with Crippen molar-refractivity contribution in [1.82, 2.24) is 4.98 Å². The Hall–Kier alpha value is -1.95. The van der Waals surface area contributed by atoms with Crippen LogP contribution < -0.4 is 9.88 Å². The maximum absolute atomic E-state index is 13.1. The van der Waals surface area contributed by atoms with Crippen LogP contribution in [0.3, 0.4) is 0 Å². The molecule has 1 aromatic heterocycles. The molecule has 7 nitrogen and oxygen atoms in total. The maximum atomic E-state index is 13.1. The Labute approximate surface area is 197 Å². The summed E-state index contributed by atoms with van der Waals surface area (Å²) in [7, 11) is -3.59. The number of amides is 1. The Balaban J connectivity index is 2.52. The largest absolute Gasteiger partial charge is 0.435 e. The Morgan fingerprint density at radius 2 is 1.76 bits per heavy atom. The van der Waals surface area contributed by atoms with E-state index in [2.05, 4.69) is 14.1 Å². The zero-order valence-corrected chi connectivity index (χ0v) is 21.4. The average Bonchev–Trinajstić information content (AvgIpc) is 3.04. The van der Waals surface area contributed by atoms with Crippen LogP contribution in [0.15, 0.2) is 20.7 Å². The molecule has 0 saturated carbocycles. The molecule has 2 aromatic rings. The minimum atomic E-state index is -3.59. The molecule has 1 aromatic carbocycles. The highest BCUT2D eigenvalue weighted by Crippen LogP contribution is 2.34. The van der Waals surface area contributed by atoms with Crippen LogP contribution >= 0.6 is 11.3 Å². The molecule has 1 unspecified atom stereocenters. The van der Waals surface area contributed by atoms with Crippen molar-refractivity contribution < 1.29 is 27.6 Å². The average molecular weight is 504 g/mol. The monoisotopic (exact) mass is 503 g/mol. The molecular weight excluding hydrogens is 472 g/mol. The van der Waals surface area contributed by atoms with Crippen LogP contribution in [0.1, 0.15) is 80.8 Å². The summed E-state index contributed by atoms with van der Waals surface area (Å²) in [6.45, 7) is 9.21. The number of hydrogen-bond acceptors (Lipinski definition) is 6. The molecule has 0 aliphatic heterocycles. The molecule has 1 heterocycles. The van der Waals surface area contributed by atoms with Gasteiger partial charge in [0.05, 0.1) is 12.1 Å². The van der Waals surface area contributed by atoms with Crippen LogP contribution in [0.5, 0.6) is 5.75 Å². The van der Waals surface area contributed by atoms with Gasteiger partial charge in [0.25, 0.3) is 5.91 Å². The van der Waals surface area contributed by atoms with Crippen molar-refractivity contribution in [3.63, 3.8) is 0 Å². The molecule has 3 N–H and O–H groups in total. The Morgan fingerprint density at radius 3 is 2.15 bits per heavy atom. The molecule has 0 radical (unpaired) electrons. The lowest BCUT2D eigenvalue weighted by Gasteiger charge is -2.21. The molecule has 0 aliphatic rings. The summed E-state index contributed by atoms with van der Waals surface area (Å²) in [6.07, 6.45) is -0.194. The van der Waals surface area contributed by atoms with E-state index in [0.29, 0.717) is 27.4 Å². The smallest absolute Gasteiger partial charge is 0.387 e. The second-order valence-corrected chi connectivity index (χ2v) is 11.9. The molecule has 0 fully saturated rings. The van der Waals surface area contributed by atoms with Gasteiger partial charge in [-0.15, -0.1) is 15.7 Å². The fraction of sp³-hybridized carbons (Fsp3) is 0.545. The quantitative estimate of drug-likeness (QED) is 0.526. The molecule has 1 amide bonds. The summed E-state index contributed by atoms with van der Waals surface area (Å²) in [6, 6.07) is 2.99. The van der Waals surface area contributed by atoms with E-state index in [-0.39, 0.29) is 28.2 Å². The topological polar surface area (TPSA) is 115 Å². The Kier molecular flexibility index (Phi) is 8.37. The number of carbonyl (C=O) groups is 1. The van der Waals surface area contributed by atoms with Crippen LogP contribution in [0.25, 0.3) is 0 Å². The summed E-state index contributed by atoms with van der Waals surface area (Å²) in [5.74, 6) is -0.863. The van der Waals surface area contributed by atoms with Gasteiger partial charge >= 0.3 is 6.61 Å². The van der Waals surface area contributed by atoms with Gasteiger partial charge in [-0.05, 0) is 61.4 Å². The predicted molar refractivity (Wildman–Crippen MR) is 125 cm³/mol. The highest BCUT2D eigenvalue weighted by Gasteiger charge is 2.27. The van der Waals surface area contributed by atoms with Crippen molar-refractivity contribution in [2.45, 2.75) is 83.1 Å². The molecule has 33 heavy (non-hydrogen) atoms. The number of nitrogens with zero attached hydrogens (tertiary/aromatic N) is 2. The number of benzene rings is 1. The van der Waals surface area contributed by atoms with Crippen LogP contribution in [-0.4, -0.2) is 26.8 Å². The van der Waals surface area contributed by atoms with E-state index >= 15 is 0 Å². The van der Waals surface area contributed by atoms with Crippen molar-refractivity contribution in [1.29, 1.82) is 0 Å². The number of rotatable bonds is 8. The number of aliphatic hydroxyl groups is 1. The lowest BCUT2D eigenvalue weighted by atomic mass is 9.86. The minimum Gasteiger partial charge on any atom is -0.435 e. The highest BCUT2D eigenvalue weighted by molar-refractivity contribution is 7.93. The van der Waals surface area contributed by atoms with Crippen molar-refractivity contribution in [3.05, 3.63) is 39.5 Å². The summed E-state index contributed by atoms with van der Waals surface area (Å²) < 4.78 is 47.3. The Morgan fingerprint density at radius 1 is 1.24 bits per heavy atom. The van der Waals surface area contributed by atoms with E-state index in [0.717, 1.165) is 11.3 Å². The molecular formula is C22H31F2N3O4S2. The van der Waals surface area contributed by atoms with Gasteiger partial charge in [0, 0.05) is 0 Å². The van der Waals surface area contributed by atoms with E-state index in [4.69, 9.17) is 5.14 Å². The number of nitrogens with two attached hydrogens (primary N) is 1. The van der Waals surface area contributed by atoms with Crippen LogP contribution in [-0.2, 0) is 26.7 Å². The number of thiazole rings is 1. The number of aryl methyl sites for hydroxylation is 1. The van der Waals surface area contributed by atoms with Crippen molar-refractivity contribution in [3.8, 4) is 5.75 Å². The predicted octanol–water partition coefficient (Wildman–Crippen LogP) is 5.00. The van der Waals surface area contributed by atoms with Gasteiger partial charge in [0.2, 0.25) is 0 Å². The molecule has 0 spiro atoms. The highest BCUT2D eigenvalue weighted by atomic mass is 32.2. The standard InChI is InChI=1S/C22H31F2N3O4S2/c1-11(2)15-8-14(31-21(23)24)9-16(12(3)4)17(15)10-18(28)27-33(25,30)19-13(5)26-20(32-19)22(6,7)29/h8-9,11-12,21,29H,10H2,1-7H3,(H2,25,27,28,30). The van der Waals surface area contributed by atoms with Crippen molar-refractivity contribution in [2.75, 3.05) is 0 Å². The van der Waals surface area contributed by atoms with E-state index in [1.165, 1.54) is 26.0 Å². The zero-order valence-electron chi connectivity index (χ0n) is 19.8. The number of halogens is 2. The molecule has 2 rings (SSSR count). The van der Waals surface area contributed by atoms with Gasteiger partial charge in [0.1, 0.15) is 20.6 Å². The van der Waals surface area contributed by atoms with Crippen LogP contribution in [0.2, 0.25) is 0 Å².